The Morgan fingerprint density at radius 2 is 1.88 bits per heavy atom. The van der Waals surface area contributed by atoms with Crippen molar-refractivity contribution in [3.05, 3.63) is 65.9 Å². The molecule has 3 aromatic rings. The van der Waals surface area contributed by atoms with Gasteiger partial charge in [-0.3, -0.25) is 4.79 Å². The minimum atomic E-state index is -4.78. The Balaban J connectivity index is 2.04. The zero-order chi connectivity index (χ0) is 17.9. The van der Waals surface area contributed by atoms with Crippen LogP contribution in [0.3, 0.4) is 0 Å². The third kappa shape index (κ3) is 3.93. The van der Waals surface area contributed by atoms with Gasteiger partial charge in [0.1, 0.15) is 17.9 Å². The van der Waals surface area contributed by atoms with Gasteiger partial charge in [0.2, 0.25) is 0 Å². The SMILES string of the molecule is O=COCC(c1ccccc1)c1coc2ccc(OC(F)(F)F)cc12. The van der Waals surface area contributed by atoms with Crippen molar-refractivity contribution in [1.82, 2.24) is 0 Å². The Bertz CT molecular complexity index is 856. The molecule has 7 heteroatoms. The van der Waals surface area contributed by atoms with E-state index in [1.807, 2.05) is 30.3 Å². The maximum atomic E-state index is 12.5. The van der Waals surface area contributed by atoms with Gasteiger partial charge in [-0.15, -0.1) is 13.2 Å². The molecule has 0 bridgehead atoms. The number of hydrogen-bond acceptors (Lipinski definition) is 4. The monoisotopic (exact) mass is 350 g/mol. The molecule has 1 unspecified atom stereocenters. The summed E-state index contributed by atoms with van der Waals surface area (Å²) in [6.45, 7) is 0.364. The lowest BCUT2D eigenvalue weighted by Gasteiger charge is -2.15. The average molecular weight is 350 g/mol. The Kier molecular flexibility index (Phi) is 4.65. The van der Waals surface area contributed by atoms with E-state index in [1.54, 1.807) is 0 Å². The van der Waals surface area contributed by atoms with Crippen molar-refractivity contribution >= 4 is 17.4 Å². The van der Waals surface area contributed by atoms with E-state index in [4.69, 9.17) is 9.15 Å². The van der Waals surface area contributed by atoms with Crippen LogP contribution >= 0.6 is 0 Å². The van der Waals surface area contributed by atoms with Gasteiger partial charge in [-0.2, -0.15) is 0 Å². The number of hydrogen-bond donors (Lipinski definition) is 0. The second kappa shape index (κ2) is 6.88. The van der Waals surface area contributed by atoms with Crippen molar-refractivity contribution in [3.63, 3.8) is 0 Å². The van der Waals surface area contributed by atoms with Gasteiger partial charge in [0.05, 0.1) is 6.26 Å². The molecule has 0 saturated carbocycles. The smallest absolute Gasteiger partial charge is 0.467 e. The van der Waals surface area contributed by atoms with Gasteiger partial charge in [0.15, 0.2) is 0 Å². The zero-order valence-electron chi connectivity index (χ0n) is 12.8. The molecule has 0 saturated heterocycles. The van der Waals surface area contributed by atoms with E-state index in [0.717, 1.165) is 5.56 Å². The molecule has 3 rings (SSSR count). The van der Waals surface area contributed by atoms with Crippen molar-refractivity contribution in [1.29, 1.82) is 0 Å². The number of fused-ring (bicyclic) bond motifs is 1. The van der Waals surface area contributed by atoms with Crippen LogP contribution in [0.15, 0.2) is 59.2 Å². The fourth-order valence-electron chi connectivity index (χ4n) is 2.68. The Morgan fingerprint density at radius 1 is 1.12 bits per heavy atom. The number of benzene rings is 2. The first-order valence-electron chi connectivity index (χ1n) is 7.35. The molecule has 0 radical (unpaired) electrons. The van der Waals surface area contributed by atoms with Crippen molar-refractivity contribution in [2.45, 2.75) is 12.3 Å². The molecular weight excluding hydrogens is 337 g/mol. The van der Waals surface area contributed by atoms with Crippen LogP contribution in [-0.2, 0) is 9.53 Å². The van der Waals surface area contributed by atoms with Gasteiger partial charge in [-0.05, 0) is 23.8 Å². The number of ether oxygens (including phenoxy) is 2. The van der Waals surface area contributed by atoms with E-state index >= 15 is 0 Å². The number of furan rings is 1. The molecule has 130 valence electrons. The topological polar surface area (TPSA) is 48.7 Å². The summed E-state index contributed by atoms with van der Waals surface area (Å²) in [6.07, 6.45) is -3.33. The number of halogens is 3. The van der Waals surface area contributed by atoms with Gasteiger partial charge in [0, 0.05) is 16.9 Å². The molecule has 0 aliphatic carbocycles. The lowest BCUT2D eigenvalue weighted by atomic mass is 9.91. The highest BCUT2D eigenvalue weighted by molar-refractivity contribution is 5.83. The zero-order valence-corrected chi connectivity index (χ0v) is 12.8. The third-order valence-electron chi connectivity index (χ3n) is 3.72. The quantitative estimate of drug-likeness (QED) is 0.608. The predicted octanol–water partition coefficient (Wildman–Crippen LogP) is 4.64. The van der Waals surface area contributed by atoms with Gasteiger partial charge in [0.25, 0.3) is 6.47 Å². The predicted molar refractivity (Wildman–Crippen MR) is 83.2 cm³/mol. The molecule has 0 fully saturated rings. The molecule has 0 amide bonds. The van der Waals surface area contributed by atoms with Crippen molar-refractivity contribution in [2.24, 2.45) is 0 Å². The summed E-state index contributed by atoms with van der Waals surface area (Å²) in [5.74, 6) is -0.723. The van der Waals surface area contributed by atoms with Crippen LogP contribution < -0.4 is 4.74 Å². The Morgan fingerprint density at radius 3 is 2.56 bits per heavy atom. The first kappa shape index (κ1) is 16.9. The number of carbonyl (C=O) groups is 1. The molecule has 0 aliphatic heterocycles. The van der Waals surface area contributed by atoms with Crippen molar-refractivity contribution in [3.8, 4) is 5.75 Å². The fraction of sp³-hybridized carbons (Fsp3) is 0.167. The summed E-state index contributed by atoms with van der Waals surface area (Å²) in [4.78, 5) is 10.6. The number of rotatable bonds is 6. The second-order valence-electron chi connectivity index (χ2n) is 5.29. The van der Waals surface area contributed by atoms with Crippen LogP contribution in [0.4, 0.5) is 13.2 Å². The molecule has 2 aromatic carbocycles. The molecule has 1 heterocycles. The van der Waals surface area contributed by atoms with Crippen LogP contribution in [0.25, 0.3) is 11.0 Å². The molecule has 0 N–H and O–H groups in total. The minimum absolute atomic E-state index is 0.0342. The fourth-order valence-corrected chi connectivity index (χ4v) is 2.68. The van der Waals surface area contributed by atoms with E-state index < -0.39 is 6.36 Å². The summed E-state index contributed by atoms with van der Waals surface area (Å²) in [7, 11) is 0. The Hall–Kier alpha value is -2.96. The standard InChI is InChI=1S/C18H13F3O4/c19-18(20,21)25-13-6-7-17-14(8-13)16(10-24-17)15(9-23-11-22)12-4-2-1-3-5-12/h1-8,10-11,15H,9H2. The van der Waals surface area contributed by atoms with Gasteiger partial charge in [-0.1, -0.05) is 30.3 Å². The summed E-state index contributed by atoms with van der Waals surface area (Å²) in [6, 6.07) is 13.0. The third-order valence-corrected chi connectivity index (χ3v) is 3.72. The molecule has 1 atom stereocenters. The minimum Gasteiger partial charge on any atom is -0.467 e. The Labute approximate surface area is 140 Å². The molecule has 1 aromatic heterocycles. The molecule has 25 heavy (non-hydrogen) atoms. The van der Waals surface area contributed by atoms with Crippen LogP contribution in [0.5, 0.6) is 5.75 Å². The van der Waals surface area contributed by atoms with Gasteiger partial charge >= 0.3 is 6.36 Å². The highest BCUT2D eigenvalue weighted by Crippen LogP contribution is 2.35. The molecule has 0 spiro atoms. The summed E-state index contributed by atoms with van der Waals surface area (Å²) < 4.78 is 51.7. The van der Waals surface area contributed by atoms with Gasteiger partial charge in [-0.25, -0.2) is 0 Å². The molecule has 0 aliphatic rings. The summed E-state index contributed by atoms with van der Waals surface area (Å²) >= 11 is 0. The highest BCUT2D eigenvalue weighted by atomic mass is 19.4. The maximum absolute atomic E-state index is 12.5. The van der Waals surface area contributed by atoms with Crippen LogP contribution in [0.1, 0.15) is 17.0 Å². The molecule has 4 nitrogen and oxygen atoms in total. The van der Waals surface area contributed by atoms with Gasteiger partial charge < -0.3 is 13.9 Å². The van der Waals surface area contributed by atoms with E-state index in [0.29, 0.717) is 23.0 Å². The maximum Gasteiger partial charge on any atom is 0.573 e. The summed E-state index contributed by atoms with van der Waals surface area (Å²) in [5, 5.41) is 0.463. The van der Waals surface area contributed by atoms with E-state index in [-0.39, 0.29) is 18.3 Å². The number of alkyl halides is 3. The lowest BCUT2D eigenvalue weighted by molar-refractivity contribution is -0.274. The first-order chi connectivity index (χ1) is 12.0. The van der Waals surface area contributed by atoms with E-state index in [9.17, 15) is 18.0 Å². The van der Waals surface area contributed by atoms with Crippen LogP contribution in [0.2, 0.25) is 0 Å². The molecular formula is C18H13F3O4. The lowest BCUT2D eigenvalue weighted by Crippen LogP contribution is -2.17. The largest absolute Gasteiger partial charge is 0.573 e. The highest BCUT2D eigenvalue weighted by Gasteiger charge is 2.31. The van der Waals surface area contributed by atoms with Crippen LogP contribution in [-0.4, -0.2) is 19.4 Å². The van der Waals surface area contributed by atoms with Crippen molar-refractivity contribution < 1.29 is 31.9 Å². The number of carbonyl (C=O) groups excluding carboxylic acids is 1. The van der Waals surface area contributed by atoms with Crippen LogP contribution in [0, 0.1) is 0 Å². The van der Waals surface area contributed by atoms with E-state index in [1.165, 1.54) is 24.5 Å². The summed E-state index contributed by atoms with van der Waals surface area (Å²) in [5.41, 5.74) is 1.86. The average Bonchev–Trinajstić information content (AvgIpc) is 2.98. The van der Waals surface area contributed by atoms with Crippen molar-refractivity contribution in [2.75, 3.05) is 6.61 Å². The second-order valence-corrected chi connectivity index (χ2v) is 5.29. The normalized spacial score (nSPS) is 12.8. The first-order valence-corrected chi connectivity index (χ1v) is 7.35. The van der Waals surface area contributed by atoms with E-state index in [2.05, 4.69) is 4.74 Å².